The maximum Gasteiger partial charge on any atom is 0.317 e. The average Bonchev–Trinajstić information content (AvgIpc) is 3.12. The summed E-state index contributed by atoms with van der Waals surface area (Å²) >= 11 is 0. The summed E-state index contributed by atoms with van der Waals surface area (Å²) < 4.78 is 5.93. The number of hydrogen-bond donors (Lipinski definition) is 1. The molecule has 25 heavy (non-hydrogen) atoms. The molecule has 2 heterocycles. The van der Waals surface area contributed by atoms with E-state index in [1.165, 1.54) is 24.9 Å². The number of urea groups is 1. The Hall–Kier alpha value is -1.59. The van der Waals surface area contributed by atoms with Gasteiger partial charge in [-0.3, -0.25) is 4.90 Å². The summed E-state index contributed by atoms with van der Waals surface area (Å²) in [7, 11) is 1.89. The Morgan fingerprint density at radius 3 is 2.96 bits per heavy atom. The standard InChI is InChI=1S/C20H31N3O2/c1-3-17(12-16-8-5-4-6-9-16)22(2)20(24)21-13-19-14-23-11-7-10-18(23)15-25-19/h4-6,8-9,17-19H,3,7,10-15H2,1-2H3,(H,21,24)/t17-,18-,19-/m1/s1. The molecule has 138 valence electrons. The smallest absolute Gasteiger partial charge is 0.317 e. The number of carbonyl (C=O) groups excluding carboxylic acids is 1. The molecule has 1 aromatic carbocycles. The topological polar surface area (TPSA) is 44.8 Å². The molecule has 0 aliphatic carbocycles. The van der Waals surface area contributed by atoms with Crippen LogP contribution in [0.3, 0.4) is 0 Å². The van der Waals surface area contributed by atoms with E-state index in [9.17, 15) is 4.79 Å². The molecule has 1 aromatic rings. The van der Waals surface area contributed by atoms with E-state index in [-0.39, 0.29) is 18.2 Å². The van der Waals surface area contributed by atoms with Crippen molar-refractivity contribution in [2.75, 3.05) is 33.3 Å². The van der Waals surface area contributed by atoms with Crippen LogP contribution in [0.15, 0.2) is 30.3 Å². The third-order valence-electron chi connectivity index (χ3n) is 5.60. The minimum absolute atomic E-state index is 0.00470. The van der Waals surface area contributed by atoms with Crippen LogP contribution in [-0.2, 0) is 11.2 Å². The second-order valence-electron chi connectivity index (χ2n) is 7.30. The Morgan fingerprint density at radius 1 is 1.40 bits per heavy atom. The van der Waals surface area contributed by atoms with Crippen LogP contribution in [0.2, 0.25) is 0 Å². The van der Waals surface area contributed by atoms with Crippen molar-refractivity contribution in [3.05, 3.63) is 35.9 Å². The molecular weight excluding hydrogens is 314 g/mol. The molecule has 5 heteroatoms. The summed E-state index contributed by atoms with van der Waals surface area (Å²) in [6, 6.07) is 11.2. The highest BCUT2D eigenvalue weighted by Crippen LogP contribution is 2.22. The number of carbonyl (C=O) groups is 1. The number of nitrogens with one attached hydrogen (secondary N) is 1. The second kappa shape index (κ2) is 8.68. The van der Waals surface area contributed by atoms with Crippen molar-refractivity contribution < 1.29 is 9.53 Å². The van der Waals surface area contributed by atoms with Gasteiger partial charge in [-0.05, 0) is 37.8 Å². The van der Waals surface area contributed by atoms with E-state index in [4.69, 9.17) is 4.74 Å². The molecule has 0 aromatic heterocycles. The van der Waals surface area contributed by atoms with E-state index >= 15 is 0 Å². The zero-order valence-corrected chi connectivity index (χ0v) is 15.5. The highest BCUT2D eigenvalue weighted by Gasteiger charge is 2.32. The fraction of sp³-hybridized carbons (Fsp3) is 0.650. The largest absolute Gasteiger partial charge is 0.373 e. The number of hydrogen-bond acceptors (Lipinski definition) is 3. The Labute approximate surface area is 151 Å². The van der Waals surface area contributed by atoms with Crippen LogP contribution >= 0.6 is 0 Å². The van der Waals surface area contributed by atoms with E-state index in [0.717, 1.165) is 26.0 Å². The normalized spacial score (nSPS) is 24.6. The number of likely N-dealkylation sites (N-methyl/N-ethyl adjacent to an activating group) is 1. The van der Waals surface area contributed by atoms with E-state index in [1.54, 1.807) is 0 Å². The van der Waals surface area contributed by atoms with E-state index in [1.807, 2.05) is 30.1 Å². The number of morpholine rings is 1. The van der Waals surface area contributed by atoms with Crippen molar-refractivity contribution in [2.24, 2.45) is 0 Å². The molecule has 0 unspecified atom stereocenters. The summed E-state index contributed by atoms with van der Waals surface area (Å²) in [4.78, 5) is 16.9. The van der Waals surface area contributed by atoms with Gasteiger partial charge in [-0.15, -0.1) is 0 Å². The fourth-order valence-corrected chi connectivity index (χ4v) is 3.94. The minimum atomic E-state index is -0.00470. The Balaban J connectivity index is 1.46. The lowest BCUT2D eigenvalue weighted by atomic mass is 10.0. The van der Waals surface area contributed by atoms with Crippen LogP contribution in [0.25, 0.3) is 0 Å². The van der Waals surface area contributed by atoms with Gasteiger partial charge in [0, 0.05) is 32.2 Å². The highest BCUT2D eigenvalue weighted by atomic mass is 16.5. The van der Waals surface area contributed by atoms with Gasteiger partial charge < -0.3 is 15.0 Å². The molecule has 5 nitrogen and oxygen atoms in total. The quantitative estimate of drug-likeness (QED) is 0.862. The first-order valence-electron chi connectivity index (χ1n) is 9.57. The van der Waals surface area contributed by atoms with E-state index < -0.39 is 0 Å². The van der Waals surface area contributed by atoms with Crippen LogP contribution in [-0.4, -0.2) is 67.3 Å². The van der Waals surface area contributed by atoms with Crippen LogP contribution in [0.5, 0.6) is 0 Å². The molecule has 1 N–H and O–H groups in total. The Morgan fingerprint density at radius 2 is 2.20 bits per heavy atom. The maximum absolute atomic E-state index is 12.5. The second-order valence-corrected chi connectivity index (χ2v) is 7.30. The molecule has 0 bridgehead atoms. The molecule has 0 saturated carbocycles. The molecule has 3 rings (SSSR count). The van der Waals surface area contributed by atoms with Crippen molar-refractivity contribution in [1.82, 2.24) is 15.1 Å². The van der Waals surface area contributed by atoms with Gasteiger partial charge in [0.2, 0.25) is 0 Å². The third-order valence-corrected chi connectivity index (χ3v) is 5.60. The SMILES string of the molecule is CC[C@H](Cc1ccccc1)N(C)C(=O)NC[C@@H]1CN2CCC[C@@H]2CO1. The number of benzene rings is 1. The van der Waals surface area contributed by atoms with Crippen molar-refractivity contribution >= 4 is 6.03 Å². The first-order chi connectivity index (χ1) is 12.2. The number of fused-ring (bicyclic) bond motifs is 1. The van der Waals surface area contributed by atoms with Crippen molar-refractivity contribution in [1.29, 1.82) is 0 Å². The lowest BCUT2D eigenvalue weighted by Gasteiger charge is -2.35. The molecule has 3 atom stereocenters. The zero-order chi connectivity index (χ0) is 17.6. The average molecular weight is 345 g/mol. The molecule has 0 radical (unpaired) electrons. The molecule has 2 aliphatic rings. The van der Waals surface area contributed by atoms with Gasteiger partial charge in [0.05, 0.1) is 12.7 Å². The van der Waals surface area contributed by atoms with Crippen molar-refractivity contribution in [3.63, 3.8) is 0 Å². The minimum Gasteiger partial charge on any atom is -0.373 e. The number of nitrogens with zero attached hydrogens (tertiary/aromatic N) is 2. The first kappa shape index (κ1) is 18.2. The van der Waals surface area contributed by atoms with Gasteiger partial charge in [0.15, 0.2) is 0 Å². The third kappa shape index (κ3) is 4.73. The van der Waals surface area contributed by atoms with Crippen LogP contribution in [0, 0.1) is 0 Å². The lowest BCUT2D eigenvalue weighted by molar-refractivity contribution is -0.0461. The number of amides is 2. The van der Waals surface area contributed by atoms with Crippen molar-refractivity contribution in [2.45, 2.75) is 50.8 Å². The summed E-state index contributed by atoms with van der Waals surface area (Å²) in [5.74, 6) is 0. The molecule has 2 fully saturated rings. The summed E-state index contributed by atoms with van der Waals surface area (Å²) in [5, 5.41) is 3.07. The van der Waals surface area contributed by atoms with E-state index in [2.05, 4.69) is 29.3 Å². The zero-order valence-electron chi connectivity index (χ0n) is 15.5. The van der Waals surface area contributed by atoms with Gasteiger partial charge in [-0.1, -0.05) is 37.3 Å². The molecular formula is C20H31N3O2. The van der Waals surface area contributed by atoms with Crippen molar-refractivity contribution in [3.8, 4) is 0 Å². The molecule has 2 amide bonds. The first-order valence-corrected chi connectivity index (χ1v) is 9.57. The van der Waals surface area contributed by atoms with Gasteiger partial charge in [-0.25, -0.2) is 4.79 Å². The van der Waals surface area contributed by atoms with Gasteiger partial charge >= 0.3 is 6.03 Å². The number of rotatable bonds is 6. The van der Waals surface area contributed by atoms with Crippen LogP contribution < -0.4 is 5.32 Å². The molecule has 2 aliphatic heterocycles. The lowest BCUT2D eigenvalue weighted by Crippen LogP contribution is -2.52. The molecule has 0 spiro atoms. The summed E-state index contributed by atoms with van der Waals surface area (Å²) in [6.45, 7) is 5.65. The van der Waals surface area contributed by atoms with E-state index in [0.29, 0.717) is 12.6 Å². The fourth-order valence-electron chi connectivity index (χ4n) is 3.94. The Kier molecular flexibility index (Phi) is 6.32. The number of ether oxygens (including phenoxy) is 1. The van der Waals surface area contributed by atoms with Gasteiger partial charge in [0.25, 0.3) is 0 Å². The Bertz CT molecular complexity index is 551. The van der Waals surface area contributed by atoms with Gasteiger partial charge in [0.1, 0.15) is 0 Å². The van der Waals surface area contributed by atoms with Crippen LogP contribution in [0.1, 0.15) is 31.7 Å². The molecule has 2 saturated heterocycles. The predicted molar refractivity (Wildman–Crippen MR) is 99.7 cm³/mol. The maximum atomic E-state index is 12.5. The predicted octanol–water partition coefficient (Wildman–Crippen LogP) is 2.51. The monoisotopic (exact) mass is 345 g/mol. The van der Waals surface area contributed by atoms with Gasteiger partial charge in [-0.2, -0.15) is 0 Å². The highest BCUT2D eigenvalue weighted by molar-refractivity contribution is 5.74. The van der Waals surface area contributed by atoms with Crippen LogP contribution in [0.4, 0.5) is 4.79 Å². The summed E-state index contributed by atoms with van der Waals surface area (Å²) in [5.41, 5.74) is 1.27. The summed E-state index contributed by atoms with van der Waals surface area (Å²) in [6.07, 6.45) is 4.46.